The van der Waals surface area contributed by atoms with E-state index in [4.69, 9.17) is 5.11 Å². The van der Waals surface area contributed by atoms with Crippen LogP contribution in [0.4, 0.5) is 10.1 Å². The van der Waals surface area contributed by atoms with E-state index in [0.717, 1.165) is 12.1 Å². The summed E-state index contributed by atoms with van der Waals surface area (Å²) in [6.45, 7) is 0.134. The van der Waals surface area contributed by atoms with Crippen LogP contribution < -0.4 is 5.32 Å². The number of halogens is 1. The molecule has 0 unspecified atom stereocenters. The average molecular weight is 242 g/mol. The lowest BCUT2D eigenvalue weighted by Crippen LogP contribution is -2.25. The fraction of sp³-hybridized carbons (Fsp3) is 0.300. The van der Waals surface area contributed by atoms with Crippen LogP contribution in [0.15, 0.2) is 18.2 Å². The zero-order chi connectivity index (χ0) is 12.8. The highest BCUT2D eigenvalue weighted by Gasteiger charge is 2.15. The van der Waals surface area contributed by atoms with E-state index in [1.165, 1.54) is 0 Å². The van der Waals surface area contributed by atoms with E-state index in [1.807, 2.05) is 0 Å². The van der Waals surface area contributed by atoms with Crippen LogP contribution in [-0.2, 0) is 0 Å². The molecule has 0 saturated heterocycles. The van der Waals surface area contributed by atoms with Gasteiger partial charge in [0, 0.05) is 19.2 Å². The predicted octanol–water partition coefficient (Wildman–Crippen LogP) is 0.846. The van der Waals surface area contributed by atoms with Crippen molar-refractivity contribution in [3.8, 4) is 0 Å². The molecular formula is C10H11FN2O4. The number of hydrogen-bond donors (Lipinski definition) is 2. The molecule has 0 spiro atoms. The van der Waals surface area contributed by atoms with Gasteiger partial charge >= 0.3 is 0 Å². The van der Waals surface area contributed by atoms with Crippen LogP contribution in [0.2, 0.25) is 0 Å². The Labute approximate surface area is 96.2 Å². The lowest BCUT2D eigenvalue weighted by atomic mass is 10.2. The molecule has 0 bridgehead atoms. The molecule has 1 aromatic rings. The number of benzene rings is 1. The Hall–Kier alpha value is -2.02. The normalized spacial score (nSPS) is 10.0. The summed E-state index contributed by atoms with van der Waals surface area (Å²) < 4.78 is 13.4. The highest BCUT2D eigenvalue weighted by atomic mass is 19.1. The fourth-order valence-corrected chi connectivity index (χ4v) is 1.18. The number of carbonyl (C=O) groups excluding carboxylic acids is 1. The number of nitrogens with one attached hydrogen (secondary N) is 1. The molecule has 0 heterocycles. The maximum absolute atomic E-state index is 13.4. The summed E-state index contributed by atoms with van der Waals surface area (Å²) in [4.78, 5) is 21.0. The largest absolute Gasteiger partial charge is 0.396 e. The number of aliphatic hydroxyl groups is 1. The predicted molar refractivity (Wildman–Crippen MR) is 57.1 cm³/mol. The molecule has 0 saturated carbocycles. The van der Waals surface area contributed by atoms with Crippen LogP contribution in [0, 0.1) is 15.9 Å². The van der Waals surface area contributed by atoms with Gasteiger partial charge in [-0.15, -0.1) is 0 Å². The van der Waals surface area contributed by atoms with Crippen LogP contribution in [0.1, 0.15) is 16.8 Å². The van der Waals surface area contributed by atoms with Crippen LogP contribution in [-0.4, -0.2) is 29.1 Å². The van der Waals surface area contributed by atoms with Gasteiger partial charge in [0.2, 0.25) is 0 Å². The molecule has 1 rings (SSSR count). The van der Waals surface area contributed by atoms with E-state index < -0.39 is 22.3 Å². The van der Waals surface area contributed by atoms with Crippen LogP contribution >= 0.6 is 0 Å². The summed E-state index contributed by atoms with van der Waals surface area (Å²) in [7, 11) is 0. The van der Waals surface area contributed by atoms with Crippen molar-refractivity contribution in [3.05, 3.63) is 39.7 Å². The summed E-state index contributed by atoms with van der Waals surface area (Å²) in [5.41, 5.74) is -0.664. The third kappa shape index (κ3) is 3.49. The monoisotopic (exact) mass is 242 g/mol. The first-order valence-corrected chi connectivity index (χ1v) is 4.89. The zero-order valence-corrected chi connectivity index (χ0v) is 8.85. The third-order valence-electron chi connectivity index (χ3n) is 2.03. The SMILES string of the molecule is O=C(NCCCO)c1ccc([N+](=O)[O-])cc1F. The number of non-ortho nitro benzene ring substituents is 1. The zero-order valence-electron chi connectivity index (χ0n) is 8.85. The Morgan fingerprint density at radius 1 is 1.53 bits per heavy atom. The lowest BCUT2D eigenvalue weighted by Gasteiger charge is -2.04. The standard InChI is InChI=1S/C10H11FN2O4/c11-9-6-7(13(16)17)2-3-8(9)10(15)12-4-1-5-14/h2-3,6,14H,1,4-5H2,(H,12,15). The molecular weight excluding hydrogens is 231 g/mol. The van der Waals surface area contributed by atoms with Gasteiger partial charge < -0.3 is 10.4 Å². The van der Waals surface area contributed by atoms with Gasteiger partial charge in [0.15, 0.2) is 0 Å². The molecule has 0 aliphatic carbocycles. The van der Waals surface area contributed by atoms with Gasteiger partial charge in [-0.1, -0.05) is 0 Å². The Balaban J connectivity index is 2.78. The second-order valence-corrected chi connectivity index (χ2v) is 3.25. The van der Waals surface area contributed by atoms with Crippen molar-refractivity contribution < 1.29 is 19.2 Å². The average Bonchev–Trinajstić information content (AvgIpc) is 2.28. The van der Waals surface area contributed by atoms with E-state index in [9.17, 15) is 19.3 Å². The van der Waals surface area contributed by atoms with Gasteiger partial charge in [0.25, 0.3) is 11.6 Å². The summed E-state index contributed by atoms with van der Waals surface area (Å²) >= 11 is 0. The fourth-order valence-electron chi connectivity index (χ4n) is 1.18. The van der Waals surface area contributed by atoms with Crippen molar-refractivity contribution in [2.45, 2.75) is 6.42 Å². The molecule has 0 aliphatic heterocycles. The Bertz CT molecular complexity index is 436. The minimum atomic E-state index is -0.944. The Morgan fingerprint density at radius 3 is 2.76 bits per heavy atom. The highest BCUT2D eigenvalue weighted by molar-refractivity contribution is 5.94. The lowest BCUT2D eigenvalue weighted by molar-refractivity contribution is -0.385. The molecule has 0 aliphatic rings. The molecule has 0 atom stereocenters. The summed E-state index contributed by atoms with van der Waals surface area (Å²) in [6.07, 6.45) is 0.361. The highest BCUT2D eigenvalue weighted by Crippen LogP contribution is 2.16. The topological polar surface area (TPSA) is 92.5 Å². The molecule has 7 heteroatoms. The van der Waals surface area contributed by atoms with Gasteiger partial charge in [-0.3, -0.25) is 14.9 Å². The van der Waals surface area contributed by atoms with Gasteiger partial charge in [0.1, 0.15) is 5.82 Å². The van der Waals surface area contributed by atoms with E-state index in [2.05, 4.69) is 5.32 Å². The number of hydrogen-bond acceptors (Lipinski definition) is 4. The van der Waals surface area contributed by atoms with Gasteiger partial charge in [-0.25, -0.2) is 4.39 Å². The van der Waals surface area contributed by atoms with E-state index in [1.54, 1.807) is 0 Å². The van der Waals surface area contributed by atoms with E-state index in [0.29, 0.717) is 12.5 Å². The Kier molecular flexibility index (Phi) is 4.53. The van der Waals surface area contributed by atoms with E-state index >= 15 is 0 Å². The van der Waals surface area contributed by atoms with Crippen molar-refractivity contribution in [1.29, 1.82) is 0 Å². The van der Waals surface area contributed by atoms with Crippen molar-refractivity contribution in [1.82, 2.24) is 5.32 Å². The molecule has 0 radical (unpaired) electrons. The second kappa shape index (κ2) is 5.90. The van der Waals surface area contributed by atoms with Gasteiger partial charge in [0.05, 0.1) is 16.6 Å². The van der Waals surface area contributed by atoms with Crippen LogP contribution in [0.5, 0.6) is 0 Å². The number of nitrogens with zero attached hydrogens (tertiary/aromatic N) is 1. The maximum Gasteiger partial charge on any atom is 0.272 e. The smallest absolute Gasteiger partial charge is 0.272 e. The van der Waals surface area contributed by atoms with Crippen LogP contribution in [0.25, 0.3) is 0 Å². The summed E-state index contributed by atoms with van der Waals surface area (Å²) in [6, 6.07) is 2.81. The van der Waals surface area contributed by atoms with Crippen molar-refractivity contribution in [2.24, 2.45) is 0 Å². The molecule has 92 valence electrons. The quantitative estimate of drug-likeness (QED) is 0.454. The minimum absolute atomic E-state index is 0.0803. The summed E-state index contributed by atoms with van der Waals surface area (Å²) in [5.74, 6) is -1.61. The number of amides is 1. The number of nitro benzene ring substituents is 1. The van der Waals surface area contributed by atoms with Crippen molar-refractivity contribution in [3.63, 3.8) is 0 Å². The first-order valence-electron chi connectivity index (χ1n) is 4.89. The number of aliphatic hydroxyl groups excluding tert-OH is 1. The maximum atomic E-state index is 13.4. The first kappa shape index (κ1) is 13.0. The summed E-state index contributed by atoms with van der Waals surface area (Å²) in [5, 5.41) is 21.2. The molecule has 1 amide bonds. The second-order valence-electron chi connectivity index (χ2n) is 3.25. The number of nitro groups is 1. The van der Waals surface area contributed by atoms with Crippen molar-refractivity contribution >= 4 is 11.6 Å². The molecule has 2 N–H and O–H groups in total. The van der Waals surface area contributed by atoms with Gasteiger partial charge in [-0.2, -0.15) is 0 Å². The first-order chi connectivity index (χ1) is 8.06. The Morgan fingerprint density at radius 2 is 2.24 bits per heavy atom. The molecule has 17 heavy (non-hydrogen) atoms. The third-order valence-corrected chi connectivity index (χ3v) is 2.03. The molecule has 6 nitrogen and oxygen atoms in total. The number of rotatable bonds is 5. The van der Waals surface area contributed by atoms with E-state index in [-0.39, 0.29) is 18.7 Å². The van der Waals surface area contributed by atoms with Crippen molar-refractivity contribution in [2.75, 3.05) is 13.2 Å². The minimum Gasteiger partial charge on any atom is -0.396 e. The van der Waals surface area contributed by atoms with Crippen LogP contribution in [0.3, 0.4) is 0 Å². The molecule has 1 aromatic carbocycles. The van der Waals surface area contributed by atoms with Gasteiger partial charge in [-0.05, 0) is 12.5 Å². The molecule has 0 aromatic heterocycles. The number of carbonyl (C=O) groups is 1. The molecule has 0 fully saturated rings.